The molecule has 0 fully saturated rings. The number of carbonyl (C=O) groups is 1. The Morgan fingerprint density at radius 1 is 1.30 bits per heavy atom. The van der Waals surface area contributed by atoms with Crippen LogP contribution in [0.4, 0.5) is 13.2 Å². The Morgan fingerprint density at radius 2 is 1.90 bits per heavy atom. The second kappa shape index (κ2) is 5.02. The van der Waals surface area contributed by atoms with Gasteiger partial charge < -0.3 is 0 Å². The first-order valence-electron chi connectivity index (χ1n) is 2.68. The molecule has 58 valence electrons. The zero-order valence-corrected chi connectivity index (χ0v) is 5.14. The number of allylic oxidation sites excluding steroid dienone is 2. The van der Waals surface area contributed by atoms with Gasteiger partial charge in [-0.3, -0.25) is 4.79 Å². The fraction of sp³-hybridized carbons (Fsp3) is 0.500. The van der Waals surface area contributed by atoms with Gasteiger partial charge in [0.1, 0.15) is 12.8 Å². The highest BCUT2D eigenvalue weighted by atomic mass is 19.2. The topological polar surface area (TPSA) is 17.1 Å². The fourth-order valence-electron chi connectivity index (χ4n) is 0.324. The third-order valence-electron chi connectivity index (χ3n) is 0.781. The van der Waals surface area contributed by atoms with E-state index in [0.717, 1.165) is 0 Å². The summed E-state index contributed by atoms with van der Waals surface area (Å²) in [6, 6.07) is 0. The molecule has 2 unspecified atom stereocenters. The first kappa shape index (κ1) is 9.20. The summed E-state index contributed by atoms with van der Waals surface area (Å²) >= 11 is 0. The maximum Gasteiger partial charge on any atom is 0.173 e. The minimum atomic E-state index is -1.83. The van der Waals surface area contributed by atoms with Crippen LogP contribution in [0.15, 0.2) is 12.2 Å². The monoisotopic (exact) mass is 152 g/mol. The third-order valence-corrected chi connectivity index (χ3v) is 0.781. The van der Waals surface area contributed by atoms with Crippen LogP contribution in [0.2, 0.25) is 0 Å². The van der Waals surface area contributed by atoms with Crippen LogP contribution < -0.4 is 0 Å². The van der Waals surface area contributed by atoms with Crippen LogP contribution >= 0.6 is 0 Å². The molecule has 0 N–H and O–H groups in total. The third kappa shape index (κ3) is 4.12. The van der Waals surface area contributed by atoms with Gasteiger partial charge in [0.15, 0.2) is 12.5 Å². The molecule has 0 saturated heterocycles. The number of carbonyl (C=O) groups excluding carboxylic acids is 1. The van der Waals surface area contributed by atoms with Gasteiger partial charge in [0.2, 0.25) is 0 Å². The molecule has 0 amide bonds. The molecule has 0 heterocycles. The van der Waals surface area contributed by atoms with Crippen LogP contribution in [-0.2, 0) is 4.79 Å². The van der Waals surface area contributed by atoms with Crippen LogP contribution in [-0.4, -0.2) is 25.3 Å². The lowest BCUT2D eigenvalue weighted by Crippen LogP contribution is -2.01. The van der Waals surface area contributed by atoms with E-state index in [4.69, 9.17) is 0 Å². The summed E-state index contributed by atoms with van der Waals surface area (Å²) in [7, 11) is 0. The summed E-state index contributed by atoms with van der Waals surface area (Å²) in [4.78, 5) is 9.56. The zero-order valence-electron chi connectivity index (χ0n) is 5.14. The lowest BCUT2D eigenvalue weighted by atomic mass is 10.3. The highest BCUT2D eigenvalue weighted by Crippen LogP contribution is 1.96. The summed E-state index contributed by atoms with van der Waals surface area (Å²) in [5.41, 5.74) is 0. The normalized spacial score (nSPS) is 17.1. The molecule has 0 rings (SSSR count). The van der Waals surface area contributed by atoms with E-state index in [2.05, 4.69) is 0 Å². The number of rotatable bonds is 4. The Balaban J connectivity index is 3.62. The molecule has 4 heteroatoms. The number of hydrogen-bond acceptors (Lipinski definition) is 1. The van der Waals surface area contributed by atoms with Gasteiger partial charge in [-0.15, -0.1) is 0 Å². The van der Waals surface area contributed by atoms with E-state index >= 15 is 0 Å². The Labute approximate surface area is 56.5 Å². The maximum absolute atomic E-state index is 11.9. The highest BCUT2D eigenvalue weighted by Gasteiger charge is 2.01. The van der Waals surface area contributed by atoms with Crippen LogP contribution in [0.3, 0.4) is 0 Å². The van der Waals surface area contributed by atoms with E-state index in [1.807, 2.05) is 0 Å². The Bertz CT molecular complexity index is 124. The first-order valence-corrected chi connectivity index (χ1v) is 2.68. The Morgan fingerprint density at radius 3 is 2.30 bits per heavy atom. The van der Waals surface area contributed by atoms with Gasteiger partial charge in [-0.25, -0.2) is 13.2 Å². The van der Waals surface area contributed by atoms with Crippen molar-refractivity contribution >= 4 is 6.29 Å². The lowest BCUT2D eigenvalue weighted by molar-refractivity contribution is -0.110. The molecule has 0 aromatic heterocycles. The summed E-state index contributed by atoms with van der Waals surface area (Å²) in [6.07, 6.45) is -2.28. The molecule has 10 heavy (non-hydrogen) atoms. The van der Waals surface area contributed by atoms with Gasteiger partial charge in [-0.1, -0.05) is 0 Å². The largest absolute Gasteiger partial charge is 0.300 e. The van der Waals surface area contributed by atoms with Crippen molar-refractivity contribution in [3.05, 3.63) is 12.2 Å². The average molecular weight is 152 g/mol. The Hall–Kier alpha value is -0.800. The van der Waals surface area contributed by atoms with Crippen LogP contribution in [0.5, 0.6) is 0 Å². The molecule has 0 saturated carbocycles. The quantitative estimate of drug-likeness (QED) is 0.439. The van der Waals surface area contributed by atoms with Crippen LogP contribution in [0.1, 0.15) is 0 Å². The molecular formula is C6H7F3O. The molecule has 0 bridgehead atoms. The van der Waals surface area contributed by atoms with Crippen molar-refractivity contribution < 1.29 is 18.0 Å². The zero-order chi connectivity index (χ0) is 7.98. The van der Waals surface area contributed by atoms with Gasteiger partial charge in [0, 0.05) is 0 Å². The van der Waals surface area contributed by atoms with Gasteiger partial charge >= 0.3 is 0 Å². The van der Waals surface area contributed by atoms with E-state index in [0.29, 0.717) is 12.2 Å². The van der Waals surface area contributed by atoms with Gasteiger partial charge in [0.25, 0.3) is 0 Å². The molecule has 0 radical (unpaired) electrons. The number of aldehydes is 1. The van der Waals surface area contributed by atoms with Crippen molar-refractivity contribution in [1.82, 2.24) is 0 Å². The maximum atomic E-state index is 11.9. The molecule has 0 aliphatic heterocycles. The summed E-state index contributed by atoms with van der Waals surface area (Å²) < 4.78 is 35.1. The summed E-state index contributed by atoms with van der Waals surface area (Å²) in [5, 5.41) is 0. The lowest BCUT2D eigenvalue weighted by Gasteiger charge is -1.92. The van der Waals surface area contributed by atoms with Crippen molar-refractivity contribution in [2.45, 2.75) is 12.3 Å². The van der Waals surface area contributed by atoms with E-state index < -0.39 is 19.0 Å². The van der Waals surface area contributed by atoms with Gasteiger partial charge in [0.05, 0.1) is 0 Å². The summed E-state index contributed by atoms with van der Waals surface area (Å²) in [6.45, 7) is -1.19. The molecule has 0 aliphatic rings. The number of alkyl halides is 3. The van der Waals surface area contributed by atoms with Crippen molar-refractivity contribution in [3.8, 4) is 0 Å². The highest BCUT2D eigenvalue weighted by molar-refractivity contribution is 5.58. The molecular weight excluding hydrogens is 145 g/mol. The smallest absolute Gasteiger partial charge is 0.173 e. The SMILES string of the molecule is O=CC(F)C=CC(F)CF. The van der Waals surface area contributed by atoms with Crippen molar-refractivity contribution in [3.63, 3.8) is 0 Å². The second-order valence-electron chi connectivity index (χ2n) is 1.64. The average Bonchev–Trinajstić information content (AvgIpc) is 1.99. The number of halogens is 3. The van der Waals surface area contributed by atoms with E-state index in [1.165, 1.54) is 0 Å². The molecule has 0 aliphatic carbocycles. The predicted octanol–water partition coefficient (Wildman–Crippen LogP) is 1.39. The van der Waals surface area contributed by atoms with E-state index in [-0.39, 0.29) is 6.29 Å². The molecule has 0 spiro atoms. The van der Waals surface area contributed by atoms with Gasteiger partial charge in [-0.05, 0) is 12.2 Å². The predicted molar refractivity (Wildman–Crippen MR) is 31.0 cm³/mol. The standard InChI is InChI=1S/C6H7F3O/c7-3-5(8)1-2-6(9)4-10/h1-2,4-6H,3H2. The Kier molecular flexibility index (Phi) is 4.62. The summed E-state index contributed by atoms with van der Waals surface area (Å²) in [5.74, 6) is 0. The van der Waals surface area contributed by atoms with Crippen molar-refractivity contribution in [1.29, 1.82) is 0 Å². The van der Waals surface area contributed by atoms with E-state index in [1.54, 1.807) is 0 Å². The molecule has 0 aromatic rings. The van der Waals surface area contributed by atoms with Gasteiger partial charge in [-0.2, -0.15) is 0 Å². The fourth-order valence-corrected chi connectivity index (χ4v) is 0.324. The van der Waals surface area contributed by atoms with Crippen molar-refractivity contribution in [2.75, 3.05) is 6.67 Å². The minimum Gasteiger partial charge on any atom is -0.300 e. The minimum absolute atomic E-state index is 0.00144. The van der Waals surface area contributed by atoms with Crippen LogP contribution in [0.25, 0.3) is 0 Å². The molecule has 2 atom stereocenters. The first-order chi connectivity index (χ1) is 4.70. The second-order valence-corrected chi connectivity index (χ2v) is 1.64. The molecule has 1 nitrogen and oxygen atoms in total. The number of hydrogen-bond donors (Lipinski definition) is 0. The van der Waals surface area contributed by atoms with Crippen molar-refractivity contribution in [2.24, 2.45) is 0 Å². The van der Waals surface area contributed by atoms with E-state index in [9.17, 15) is 18.0 Å². The molecule has 0 aromatic carbocycles. The van der Waals surface area contributed by atoms with Crippen LogP contribution in [0, 0.1) is 0 Å².